The Morgan fingerprint density at radius 2 is 1.54 bits per heavy atom. The van der Waals surface area contributed by atoms with Gasteiger partial charge in [-0.3, -0.25) is 14.5 Å². The zero-order valence-corrected chi connectivity index (χ0v) is 18.9. The van der Waals surface area contributed by atoms with Gasteiger partial charge in [0.05, 0.1) is 41.7 Å². The number of hydrogen-bond acceptors (Lipinski definition) is 6. The number of ether oxygens (including phenoxy) is 1. The minimum absolute atomic E-state index is 0.122. The largest absolute Gasteiger partial charge is 0.508 e. The molecule has 3 N–H and O–H groups in total. The number of fused-ring (bicyclic) bond motifs is 10. The molecule has 3 heterocycles. The van der Waals surface area contributed by atoms with Crippen LogP contribution in [0.5, 0.6) is 11.5 Å². The average molecular weight is 469 g/mol. The van der Waals surface area contributed by atoms with Crippen molar-refractivity contribution >= 4 is 55.2 Å². The van der Waals surface area contributed by atoms with Gasteiger partial charge in [-0.2, -0.15) is 0 Å². The first kappa shape index (κ1) is 20.5. The molecule has 0 spiro atoms. The second-order valence-electron chi connectivity index (χ2n) is 9.41. The monoisotopic (exact) mass is 469 g/mol. The quantitative estimate of drug-likeness (QED) is 0.346. The smallest absolute Gasteiger partial charge is 0.172 e. The first-order valence-corrected chi connectivity index (χ1v) is 11.8. The molecule has 3 aromatic carbocycles. The van der Waals surface area contributed by atoms with Crippen molar-refractivity contribution in [2.24, 2.45) is 0 Å². The molecule has 1 aliphatic heterocycles. The van der Waals surface area contributed by atoms with E-state index < -0.39 is 0 Å². The van der Waals surface area contributed by atoms with E-state index in [0.717, 1.165) is 57.7 Å². The Balaban J connectivity index is 1.62. The molecule has 0 saturated carbocycles. The van der Waals surface area contributed by atoms with Gasteiger partial charge in [0.25, 0.3) is 0 Å². The van der Waals surface area contributed by atoms with Gasteiger partial charge in [0.1, 0.15) is 11.5 Å². The van der Waals surface area contributed by atoms with Gasteiger partial charge >= 0.3 is 0 Å². The van der Waals surface area contributed by atoms with E-state index in [1.54, 1.807) is 30.3 Å². The molecule has 5 aromatic rings. The molecule has 7 rings (SSSR count). The zero-order chi connectivity index (χ0) is 23.8. The van der Waals surface area contributed by atoms with Crippen molar-refractivity contribution in [1.29, 1.82) is 0 Å². The third-order valence-electron chi connectivity index (χ3n) is 7.44. The lowest BCUT2D eigenvalue weighted by Gasteiger charge is -2.27. The summed E-state index contributed by atoms with van der Waals surface area (Å²) in [5.74, 6) is -0.0916. The fourth-order valence-corrected chi connectivity index (χ4v) is 5.90. The predicted octanol–water partition coefficient (Wildman–Crippen LogP) is 3.94. The molecule has 1 fully saturated rings. The number of aromatic amines is 1. The Hall–Kier alpha value is -3.88. The Kier molecular flexibility index (Phi) is 4.28. The molecular weight excluding hydrogens is 446 g/mol. The lowest BCUT2D eigenvalue weighted by Crippen LogP contribution is -2.38. The number of benzene rings is 3. The number of carbonyl (C=O) groups excluding carboxylic acids is 2. The van der Waals surface area contributed by atoms with E-state index in [9.17, 15) is 19.8 Å². The number of hydrogen-bond donors (Lipinski definition) is 3. The summed E-state index contributed by atoms with van der Waals surface area (Å²) in [6.45, 7) is 4.53. The number of phenolic OH excluding ortho intramolecular Hbond substituents is 2. The van der Waals surface area contributed by atoms with Crippen LogP contribution in [-0.4, -0.2) is 69.1 Å². The van der Waals surface area contributed by atoms with Crippen LogP contribution in [0.2, 0.25) is 0 Å². The van der Waals surface area contributed by atoms with Gasteiger partial charge in [-0.05, 0) is 24.3 Å². The minimum Gasteiger partial charge on any atom is -0.508 e. The van der Waals surface area contributed by atoms with Gasteiger partial charge in [0, 0.05) is 71.0 Å². The molecule has 8 heteroatoms. The summed E-state index contributed by atoms with van der Waals surface area (Å²) in [6.07, 6.45) is -0.146. The molecule has 8 nitrogen and oxygen atoms in total. The number of morpholine rings is 1. The van der Waals surface area contributed by atoms with Crippen LogP contribution in [0.15, 0.2) is 36.4 Å². The van der Waals surface area contributed by atoms with Crippen molar-refractivity contribution < 1.29 is 24.5 Å². The standard InChI is InChI=1S/C27H23N3O5/c31-14-1-3-16-18(11-14)28-26-22(16)24-20(33)13-21(34)25(24)23-17-4-2-15(32)12-19(17)30(27(23)26)6-5-29-7-9-35-10-8-29/h1-4,11-12,28,31-32H,5-10,13H2. The lowest BCUT2D eigenvalue weighted by molar-refractivity contribution is 0.0366. The van der Waals surface area contributed by atoms with Crippen molar-refractivity contribution in [3.8, 4) is 11.5 Å². The molecule has 0 unspecified atom stereocenters. The van der Waals surface area contributed by atoms with Crippen molar-refractivity contribution in [1.82, 2.24) is 14.5 Å². The third kappa shape index (κ3) is 2.87. The highest BCUT2D eigenvalue weighted by Crippen LogP contribution is 2.45. The molecule has 0 bridgehead atoms. The Morgan fingerprint density at radius 3 is 2.31 bits per heavy atom. The van der Waals surface area contributed by atoms with Crippen molar-refractivity contribution in [3.63, 3.8) is 0 Å². The molecule has 0 atom stereocenters. The summed E-state index contributed by atoms with van der Waals surface area (Å²) in [4.78, 5) is 32.1. The van der Waals surface area contributed by atoms with E-state index >= 15 is 0 Å². The summed E-state index contributed by atoms with van der Waals surface area (Å²) < 4.78 is 7.64. The van der Waals surface area contributed by atoms with Gasteiger partial charge in [-0.15, -0.1) is 0 Å². The van der Waals surface area contributed by atoms with Crippen LogP contribution in [0.1, 0.15) is 27.1 Å². The van der Waals surface area contributed by atoms with Crippen molar-refractivity contribution in [2.45, 2.75) is 13.0 Å². The number of phenols is 2. The predicted molar refractivity (Wildman–Crippen MR) is 133 cm³/mol. The van der Waals surface area contributed by atoms with Crippen LogP contribution in [0, 0.1) is 0 Å². The Bertz CT molecular complexity index is 1720. The SMILES string of the molecule is O=C1CC(=O)c2c1c1c3ccc(O)cc3[nH]c1c1c2c2ccc(O)cc2n1CCN1CCOCC1. The third-order valence-corrected chi connectivity index (χ3v) is 7.44. The van der Waals surface area contributed by atoms with E-state index in [1.807, 2.05) is 6.07 Å². The second-order valence-corrected chi connectivity index (χ2v) is 9.41. The van der Waals surface area contributed by atoms with Crippen molar-refractivity contribution in [2.75, 3.05) is 32.8 Å². The minimum atomic E-state index is -0.182. The number of aromatic hydroxyl groups is 2. The van der Waals surface area contributed by atoms with Crippen LogP contribution >= 0.6 is 0 Å². The summed E-state index contributed by atoms with van der Waals surface area (Å²) in [6, 6.07) is 10.2. The Labute approximate surface area is 199 Å². The molecule has 2 aromatic heterocycles. The fraction of sp³-hybridized carbons (Fsp3) is 0.259. The lowest BCUT2D eigenvalue weighted by atomic mass is 9.96. The van der Waals surface area contributed by atoms with Crippen LogP contribution in [0.25, 0.3) is 43.6 Å². The molecule has 0 radical (unpaired) electrons. The maximum Gasteiger partial charge on any atom is 0.172 e. The number of Topliss-reactive ketones (excluding diaryl/α,β-unsaturated/α-hetero) is 2. The van der Waals surface area contributed by atoms with E-state index in [-0.39, 0.29) is 29.5 Å². The number of rotatable bonds is 3. The summed E-state index contributed by atoms with van der Waals surface area (Å²) in [7, 11) is 0. The van der Waals surface area contributed by atoms with E-state index in [4.69, 9.17) is 4.74 Å². The number of aromatic nitrogens is 2. The highest BCUT2D eigenvalue weighted by Gasteiger charge is 2.35. The van der Waals surface area contributed by atoms with E-state index in [0.29, 0.717) is 36.4 Å². The van der Waals surface area contributed by atoms with Gasteiger partial charge in [-0.25, -0.2) is 0 Å². The number of carbonyl (C=O) groups is 2. The highest BCUT2D eigenvalue weighted by molar-refractivity contribution is 6.40. The van der Waals surface area contributed by atoms with Crippen LogP contribution in [0.3, 0.4) is 0 Å². The van der Waals surface area contributed by atoms with Crippen LogP contribution < -0.4 is 0 Å². The number of ketones is 2. The number of H-pyrrole nitrogens is 1. The summed E-state index contributed by atoms with van der Waals surface area (Å²) >= 11 is 0. The molecule has 0 amide bonds. The zero-order valence-electron chi connectivity index (χ0n) is 18.9. The van der Waals surface area contributed by atoms with Gasteiger partial charge in [-0.1, -0.05) is 0 Å². The number of nitrogens with one attached hydrogen (secondary N) is 1. The van der Waals surface area contributed by atoms with E-state index in [2.05, 4.69) is 14.5 Å². The average Bonchev–Trinajstić information content (AvgIpc) is 3.46. The highest BCUT2D eigenvalue weighted by atomic mass is 16.5. The molecule has 1 aliphatic carbocycles. The first-order chi connectivity index (χ1) is 17.0. The Morgan fingerprint density at radius 1 is 0.857 bits per heavy atom. The topological polar surface area (TPSA) is 108 Å². The molecule has 1 saturated heterocycles. The molecule has 2 aliphatic rings. The van der Waals surface area contributed by atoms with E-state index in [1.165, 1.54) is 0 Å². The maximum atomic E-state index is 13.2. The van der Waals surface area contributed by atoms with Crippen LogP contribution in [0.4, 0.5) is 0 Å². The van der Waals surface area contributed by atoms with Crippen LogP contribution in [-0.2, 0) is 11.3 Å². The molecular formula is C27H23N3O5. The normalized spacial score (nSPS) is 16.9. The van der Waals surface area contributed by atoms with Gasteiger partial charge in [0.2, 0.25) is 0 Å². The molecule has 35 heavy (non-hydrogen) atoms. The maximum absolute atomic E-state index is 13.2. The summed E-state index contributed by atoms with van der Waals surface area (Å²) in [5, 5.41) is 23.5. The van der Waals surface area contributed by atoms with Gasteiger partial charge < -0.3 is 24.5 Å². The van der Waals surface area contributed by atoms with Crippen molar-refractivity contribution in [3.05, 3.63) is 47.5 Å². The second kappa shape index (κ2) is 7.31. The molecule has 176 valence electrons. The van der Waals surface area contributed by atoms with Gasteiger partial charge in [0.15, 0.2) is 11.6 Å². The first-order valence-electron chi connectivity index (χ1n) is 11.8. The fourth-order valence-electron chi connectivity index (χ4n) is 5.90. The summed E-state index contributed by atoms with van der Waals surface area (Å²) in [5.41, 5.74) is 4.04. The number of nitrogens with zero attached hydrogens (tertiary/aromatic N) is 2.